The third-order valence-electron chi connectivity index (χ3n) is 6.48. The number of carbonyl (C=O) groups is 1. The fourth-order valence-electron chi connectivity index (χ4n) is 4.41. The number of methoxy groups -OCH3 is 1. The summed E-state index contributed by atoms with van der Waals surface area (Å²) in [4.78, 5) is 14.3. The minimum atomic E-state index is -0.221. The lowest BCUT2D eigenvalue weighted by Crippen LogP contribution is -2.26. The van der Waals surface area contributed by atoms with E-state index in [-0.39, 0.29) is 11.3 Å². The number of nitriles is 1. The van der Waals surface area contributed by atoms with Gasteiger partial charge in [0, 0.05) is 10.4 Å². The Labute approximate surface area is 205 Å². The highest BCUT2D eigenvalue weighted by Gasteiger charge is 2.32. The van der Waals surface area contributed by atoms with Crippen LogP contribution in [0, 0.1) is 22.7 Å². The lowest BCUT2D eigenvalue weighted by molar-refractivity contribution is 0.102. The van der Waals surface area contributed by atoms with Crippen LogP contribution in [-0.2, 0) is 19.4 Å². The second-order valence-corrected chi connectivity index (χ2v) is 10.8. The van der Waals surface area contributed by atoms with Crippen molar-refractivity contribution in [3.63, 3.8) is 0 Å². The maximum atomic E-state index is 13.1. The van der Waals surface area contributed by atoms with Crippen molar-refractivity contribution in [1.29, 1.82) is 5.26 Å². The highest BCUT2D eigenvalue weighted by Crippen LogP contribution is 2.44. The van der Waals surface area contributed by atoms with Crippen LogP contribution in [0.2, 0.25) is 0 Å². The highest BCUT2D eigenvalue weighted by atomic mass is 32.1. The Morgan fingerprint density at radius 1 is 1.18 bits per heavy atom. The van der Waals surface area contributed by atoms with E-state index in [0.717, 1.165) is 30.4 Å². The first-order chi connectivity index (χ1) is 16.3. The summed E-state index contributed by atoms with van der Waals surface area (Å²) < 4.78 is 11.2. The fraction of sp³-hybridized carbons (Fsp3) is 0.357. The zero-order valence-corrected chi connectivity index (χ0v) is 20.9. The Kier molecular flexibility index (Phi) is 6.95. The van der Waals surface area contributed by atoms with Crippen molar-refractivity contribution in [2.45, 2.75) is 46.6 Å². The smallest absolute Gasteiger partial charge is 0.256 e. The second-order valence-electron chi connectivity index (χ2n) is 9.72. The Morgan fingerprint density at radius 2 is 1.94 bits per heavy atom. The van der Waals surface area contributed by atoms with Gasteiger partial charge < -0.3 is 14.8 Å². The molecule has 3 aromatic rings. The van der Waals surface area contributed by atoms with Crippen molar-refractivity contribution < 1.29 is 14.3 Å². The van der Waals surface area contributed by atoms with E-state index in [1.165, 1.54) is 4.88 Å². The summed E-state index contributed by atoms with van der Waals surface area (Å²) in [7, 11) is 1.61. The average molecular weight is 475 g/mol. The number of nitrogens with zero attached hydrogens (tertiary/aromatic N) is 1. The van der Waals surface area contributed by atoms with Gasteiger partial charge >= 0.3 is 0 Å². The molecule has 0 saturated heterocycles. The summed E-state index contributed by atoms with van der Waals surface area (Å²) in [6, 6.07) is 17.2. The van der Waals surface area contributed by atoms with Gasteiger partial charge in [-0.1, -0.05) is 45.0 Å². The van der Waals surface area contributed by atoms with Crippen LogP contribution in [0.1, 0.15) is 59.1 Å². The number of hydrogen-bond donors (Lipinski definition) is 1. The molecule has 34 heavy (non-hydrogen) atoms. The van der Waals surface area contributed by atoms with Crippen molar-refractivity contribution in [2.75, 3.05) is 12.4 Å². The van der Waals surface area contributed by atoms with Crippen molar-refractivity contribution in [2.24, 2.45) is 11.3 Å². The maximum Gasteiger partial charge on any atom is 0.256 e. The summed E-state index contributed by atoms with van der Waals surface area (Å²) in [5.41, 5.74) is 3.37. The molecule has 176 valence electrons. The summed E-state index contributed by atoms with van der Waals surface area (Å²) in [6.45, 7) is 7.13. The van der Waals surface area contributed by atoms with Crippen molar-refractivity contribution in [3.8, 4) is 17.6 Å². The van der Waals surface area contributed by atoms with E-state index in [2.05, 4.69) is 32.2 Å². The first kappa shape index (κ1) is 23.8. The monoisotopic (exact) mass is 474 g/mol. The van der Waals surface area contributed by atoms with Gasteiger partial charge in [-0.3, -0.25) is 4.79 Å². The van der Waals surface area contributed by atoms with Crippen LogP contribution in [-0.4, -0.2) is 13.0 Å². The number of para-hydroxylation sites is 2. The molecule has 1 heterocycles. The number of ether oxygens (including phenoxy) is 2. The van der Waals surface area contributed by atoms with E-state index >= 15 is 0 Å². The zero-order chi connectivity index (χ0) is 24.3. The van der Waals surface area contributed by atoms with Crippen LogP contribution in [0.3, 0.4) is 0 Å². The maximum absolute atomic E-state index is 13.1. The molecule has 1 atom stereocenters. The van der Waals surface area contributed by atoms with Gasteiger partial charge in [0.05, 0.1) is 12.7 Å². The minimum absolute atomic E-state index is 0.221. The number of hydrogen-bond acceptors (Lipinski definition) is 5. The Balaban J connectivity index is 1.48. The van der Waals surface area contributed by atoms with Crippen molar-refractivity contribution >= 4 is 22.2 Å². The molecular formula is C28H30N2O3S. The van der Waals surface area contributed by atoms with Gasteiger partial charge in [0.15, 0.2) is 11.5 Å². The molecule has 5 nitrogen and oxygen atoms in total. The van der Waals surface area contributed by atoms with E-state index in [1.54, 1.807) is 24.5 Å². The highest BCUT2D eigenvalue weighted by molar-refractivity contribution is 7.16. The van der Waals surface area contributed by atoms with Crippen LogP contribution >= 0.6 is 11.3 Å². The van der Waals surface area contributed by atoms with Gasteiger partial charge in [-0.05, 0) is 66.0 Å². The molecule has 0 fully saturated rings. The Hall–Kier alpha value is -3.30. The molecule has 0 saturated carbocycles. The van der Waals surface area contributed by atoms with Crippen LogP contribution < -0.4 is 14.8 Å². The topological polar surface area (TPSA) is 71.3 Å². The molecule has 0 spiro atoms. The van der Waals surface area contributed by atoms with Crippen LogP contribution in [0.15, 0.2) is 48.5 Å². The van der Waals surface area contributed by atoms with Gasteiger partial charge in [-0.2, -0.15) is 5.26 Å². The first-order valence-electron chi connectivity index (χ1n) is 11.5. The molecule has 1 N–H and O–H groups in total. The predicted molar refractivity (Wildman–Crippen MR) is 136 cm³/mol. The molecule has 0 bridgehead atoms. The van der Waals surface area contributed by atoms with Crippen molar-refractivity contribution in [3.05, 3.63) is 75.7 Å². The number of thiophene rings is 1. The number of carbonyl (C=O) groups excluding carboxylic acids is 1. The van der Waals surface area contributed by atoms with Gasteiger partial charge in [0.1, 0.15) is 17.7 Å². The summed E-state index contributed by atoms with van der Waals surface area (Å²) >= 11 is 1.55. The molecule has 0 radical (unpaired) electrons. The molecule has 1 unspecified atom stereocenters. The fourth-order valence-corrected chi connectivity index (χ4v) is 5.68. The molecule has 6 heteroatoms. The third kappa shape index (κ3) is 5.10. The van der Waals surface area contributed by atoms with E-state index < -0.39 is 0 Å². The number of nitrogens with one attached hydrogen (secondary N) is 1. The molecule has 1 aliphatic carbocycles. The zero-order valence-electron chi connectivity index (χ0n) is 20.1. The Bertz CT molecular complexity index is 1230. The van der Waals surface area contributed by atoms with E-state index in [1.807, 2.05) is 42.5 Å². The SMILES string of the molecule is COc1ccccc1OCc1cccc(C(=O)Nc2sc3c(c2C#N)CCC(C(C)(C)C)C3)c1. The van der Waals surface area contributed by atoms with Crippen LogP contribution in [0.25, 0.3) is 0 Å². The molecule has 1 aliphatic rings. The molecule has 2 aromatic carbocycles. The lowest BCUT2D eigenvalue weighted by atomic mass is 9.72. The van der Waals surface area contributed by atoms with Gasteiger partial charge in [0.2, 0.25) is 0 Å². The third-order valence-corrected chi connectivity index (χ3v) is 7.65. The van der Waals surface area contributed by atoms with E-state index in [4.69, 9.17) is 9.47 Å². The molecular weight excluding hydrogens is 444 g/mol. The van der Waals surface area contributed by atoms with Gasteiger partial charge in [-0.25, -0.2) is 0 Å². The number of benzene rings is 2. The second kappa shape index (κ2) is 9.90. The number of anilines is 1. The molecule has 1 amide bonds. The quantitative estimate of drug-likeness (QED) is 0.436. The molecule has 4 rings (SSSR count). The first-order valence-corrected chi connectivity index (χ1v) is 12.3. The largest absolute Gasteiger partial charge is 0.493 e. The molecule has 0 aliphatic heterocycles. The summed E-state index contributed by atoms with van der Waals surface area (Å²) in [5.74, 6) is 1.67. The predicted octanol–water partition coefficient (Wildman–Crippen LogP) is 6.61. The van der Waals surface area contributed by atoms with Gasteiger partial charge in [0.25, 0.3) is 5.91 Å². The number of amides is 1. The summed E-state index contributed by atoms with van der Waals surface area (Å²) in [5, 5.41) is 13.5. The molecule has 1 aromatic heterocycles. The van der Waals surface area contributed by atoms with E-state index in [9.17, 15) is 10.1 Å². The van der Waals surface area contributed by atoms with Crippen LogP contribution in [0.5, 0.6) is 11.5 Å². The summed E-state index contributed by atoms with van der Waals surface area (Å²) in [6.07, 6.45) is 2.93. The Morgan fingerprint density at radius 3 is 2.65 bits per heavy atom. The number of rotatable bonds is 6. The van der Waals surface area contributed by atoms with Crippen molar-refractivity contribution in [1.82, 2.24) is 0 Å². The average Bonchev–Trinajstić information content (AvgIpc) is 3.18. The minimum Gasteiger partial charge on any atom is -0.493 e. The number of fused-ring (bicyclic) bond motifs is 1. The lowest BCUT2D eigenvalue weighted by Gasteiger charge is -2.33. The standard InChI is InChI=1S/C28H30N2O3S/c1-28(2,3)20-12-13-21-22(16-29)27(34-25(21)15-20)30-26(31)19-9-7-8-18(14-19)17-33-24-11-6-5-10-23(24)32-4/h5-11,14,20H,12-13,15,17H2,1-4H3,(H,30,31). The van der Waals surface area contributed by atoms with Gasteiger partial charge in [-0.15, -0.1) is 11.3 Å². The van der Waals surface area contributed by atoms with Crippen LogP contribution in [0.4, 0.5) is 5.00 Å². The van der Waals surface area contributed by atoms with E-state index in [0.29, 0.717) is 40.2 Å². The normalized spacial score (nSPS) is 15.2.